The third kappa shape index (κ3) is 6.36. The Morgan fingerprint density at radius 1 is 1.25 bits per heavy atom. The first-order valence-corrected chi connectivity index (χ1v) is 9.93. The average Bonchev–Trinajstić information content (AvgIpc) is 2.46. The van der Waals surface area contributed by atoms with E-state index in [4.69, 9.17) is 0 Å². The zero-order chi connectivity index (χ0) is 14.8. The summed E-state index contributed by atoms with van der Waals surface area (Å²) in [6.07, 6.45) is 11.9. The molecule has 2 nitrogen and oxygen atoms in total. The van der Waals surface area contributed by atoms with Crippen LogP contribution >= 0.6 is 11.8 Å². The van der Waals surface area contributed by atoms with E-state index in [0.29, 0.717) is 11.5 Å². The normalized spacial score (nSPS) is 20.2. The second-order valence-electron chi connectivity index (χ2n) is 6.78. The molecule has 1 rings (SSSR count). The highest BCUT2D eigenvalue weighted by Crippen LogP contribution is 2.36. The quantitative estimate of drug-likeness (QED) is 0.614. The number of thioether (sulfide) groups is 1. The van der Waals surface area contributed by atoms with Gasteiger partial charge in [-0.15, -0.1) is 0 Å². The lowest BCUT2D eigenvalue weighted by molar-refractivity contribution is 0.0963. The van der Waals surface area contributed by atoms with Gasteiger partial charge in [-0.25, -0.2) is 0 Å². The van der Waals surface area contributed by atoms with Crippen molar-refractivity contribution in [2.75, 3.05) is 38.7 Å². The van der Waals surface area contributed by atoms with Crippen LogP contribution in [-0.4, -0.2) is 49.6 Å². The summed E-state index contributed by atoms with van der Waals surface area (Å²) in [4.78, 5) is 2.62. The Labute approximate surface area is 131 Å². The molecule has 1 aliphatic rings. The number of rotatable bonds is 10. The molecule has 1 aliphatic carbocycles. The molecular weight excluding hydrogens is 264 g/mol. The first kappa shape index (κ1) is 18.3. The molecule has 1 fully saturated rings. The van der Waals surface area contributed by atoms with Crippen LogP contribution in [-0.2, 0) is 0 Å². The van der Waals surface area contributed by atoms with E-state index < -0.39 is 0 Å². The van der Waals surface area contributed by atoms with E-state index >= 15 is 0 Å². The highest BCUT2D eigenvalue weighted by Gasteiger charge is 2.33. The molecule has 1 N–H and O–H groups in total. The molecular formula is C17H36N2S. The number of nitrogens with zero attached hydrogens (tertiary/aromatic N) is 1. The summed E-state index contributed by atoms with van der Waals surface area (Å²) < 4.78 is 0. The van der Waals surface area contributed by atoms with Gasteiger partial charge < -0.3 is 10.2 Å². The zero-order valence-corrected chi connectivity index (χ0v) is 15.0. The monoisotopic (exact) mass is 300 g/mol. The SMILES string of the molecule is CCCNCC1(CN(C)C(C)CCSC)CCCCC1. The molecule has 1 saturated carbocycles. The Morgan fingerprint density at radius 3 is 2.55 bits per heavy atom. The van der Waals surface area contributed by atoms with Crippen LogP contribution in [0.25, 0.3) is 0 Å². The minimum Gasteiger partial charge on any atom is -0.316 e. The second kappa shape index (κ2) is 10.1. The molecule has 0 bridgehead atoms. The van der Waals surface area contributed by atoms with E-state index in [0.717, 1.165) is 0 Å². The summed E-state index contributed by atoms with van der Waals surface area (Å²) >= 11 is 1.97. The predicted octanol–water partition coefficient (Wildman–Crippen LogP) is 4.01. The first-order chi connectivity index (χ1) is 9.63. The summed E-state index contributed by atoms with van der Waals surface area (Å²) in [6.45, 7) is 8.33. The molecule has 1 unspecified atom stereocenters. The van der Waals surface area contributed by atoms with Crippen LogP contribution in [0, 0.1) is 5.41 Å². The van der Waals surface area contributed by atoms with Crippen LogP contribution in [0.3, 0.4) is 0 Å². The van der Waals surface area contributed by atoms with Crippen molar-refractivity contribution in [3.8, 4) is 0 Å². The van der Waals surface area contributed by atoms with Gasteiger partial charge in [-0.1, -0.05) is 26.2 Å². The van der Waals surface area contributed by atoms with Gasteiger partial charge >= 0.3 is 0 Å². The van der Waals surface area contributed by atoms with Gasteiger partial charge in [-0.05, 0) is 63.6 Å². The predicted molar refractivity (Wildman–Crippen MR) is 93.8 cm³/mol. The van der Waals surface area contributed by atoms with Gasteiger partial charge in [0.05, 0.1) is 0 Å². The first-order valence-electron chi connectivity index (χ1n) is 8.53. The van der Waals surface area contributed by atoms with E-state index in [1.807, 2.05) is 11.8 Å². The van der Waals surface area contributed by atoms with Crippen LogP contribution in [0.5, 0.6) is 0 Å². The van der Waals surface area contributed by atoms with Crippen molar-refractivity contribution in [1.82, 2.24) is 10.2 Å². The van der Waals surface area contributed by atoms with Crippen molar-refractivity contribution in [2.45, 2.75) is 64.8 Å². The molecule has 0 saturated heterocycles. The average molecular weight is 301 g/mol. The second-order valence-corrected chi connectivity index (χ2v) is 7.77. The topological polar surface area (TPSA) is 15.3 Å². The maximum absolute atomic E-state index is 3.70. The fourth-order valence-electron chi connectivity index (χ4n) is 3.42. The number of nitrogens with one attached hydrogen (secondary N) is 1. The summed E-state index contributed by atoms with van der Waals surface area (Å²) in [5, 5.41) is 3.70. The van der Waals surface area contributed by atoms with Crippen molar-refractivity contribution in [1.29, 1.82) is 0 Å². The Kier molecular flexibility index (Phi) is 9.23. The Morgan fingerprint density at radius 2 is 1.95 bits per heavy atom. The lowest BCUT2D eigenvalue weighted by Gasteiger charge is -2.42. The summed E-state index contributed by atoms with van der Waals surface area (Å²) in [5.41, 5.74) is 0.537. The van der Waals surface area contributed by atoms with Crippen molar-refractivity contribution in [2.24, 2.45) is 5.41 Å². The van der Waals surface area contributed by atoms with E-state index in [1.165, 1.54) is 70.3 Å². The summed E-state index contributed by atoms with van der Waals surface area (Å²) in [7, 11) is 2.33. The molecule has 0 amide bonds. The summed E-state index contributed by atoms with van der Waals surface area (Å²) in [5.74, 6) is 1.28. The number of hydrogen-bond donors (Lipinski definition) is 1. The Bertz CT molecular complexity index is 239. The lowest BCUT2D eigenvalue weighted by Crippen LogP contribution is -2.46. The zero-order valence-electron chi connectivity index (χ0n) is 14.2. The van der Waals surface area contributed by atoms with Gasteiger partial charge in [0.25, 0.3) is 0 Å². The minimum atomic E-state index is 0.537. The molecule has 0 aromatic carbocycles. The van der Waals surface area contributed by atoms with E-state index in [1.54, 1.807) is 0 Å². The minimum absolute atomic E-state index is 0.537. The van der Waals surface area contributed by atoms with E-state index in [2.05, 4.69) is 37.4 Å². The third-order valence-electron chi connectivity index (χ3n) is 4.92. The van der Waals surface area contributed by atoms with Crippen LogP contribution < -0.4 is 5.32 Å². The molecule has 0 radical (unpaired) electrons. The molecule has 1 atom stereocenters. The van der Waals surface area contributed by atoms with Gasteiger partial charge in [0.15, 0.2) is 0 Å². The van der Waals surface area contributed by atoms with Crippen molar-refractivity contribution in [3.05, 3.63) is 0 Å². The molecule has 120 valence electrons. The standard InChI is InChI=1S/C17H36N2S/c1-5-12-18-14-17(10-7-6-8-11-17)15-19(3)16(2)9-13-20-4/h16,18H,5-15H2,1-4H3. The molecule has 3 heteroatoms. The van der Waals surface area contributed by atoms with Gasteiger partial charge in [0.2, 0.25) is 0 Å². The van der Waals surface area contributed by atoms with Crippen molar-refractivity contribution >= 4 is 11.8 Å². The van der Waals surface area contributed by atoms with Crippen LogP contribution in [0.4, 0.5) is 0 Å². The summed E-state index contributed by atoms with van der Waals surface area (Å²) in [6, 6.07) is 0.715. The molecule has 0 aromatic rings. The lowest BCUT2D eigenvalue weighted by atomic mass is 9.73. The van der Waals surface area contributed by atoms with E-state index in [-0.39, 0.29) is 0 Å². The van der Waals surface area contributed by atoms with Gasteiger partial charge in [0.1, 0.15) is 0 Å². The smallest absolute Gasteiger partial charge is 0.00719 e. The van der Waals surface area contributed by atoms with Crippen LogP contribution in [0.15, 0.2) is 0 Å². The van der Waals surface area contributed by atoms with Crippen LogP contribution in [0.1, 0.15) is 58.8 Å². The largest absolute Gasteiger partial charge is 0.316 e. The molecule has 0 heterocycles. The molecule has 0 spiro atoms. The van der Waals surface area contributed by atoms with Gasteiger partial charge in [0, 0.05) is 19.1 Å². The maximum atomic E-state index is 3.70. The Hall–Kier alpha value is 0.270. The van der Waals surface area contributed by atoms with Crippen molar-refractivity contribution in [3.63, 3.8) is 0 Å². The fraction of sp³-hybridized carbons (Fsp3) is 1.00. The maximum Gasteiger partial charge on any atom is 0.00719 e. The highest BCUT2D eigenvalue weighted by atomic mass is 32.2. The van der Waals surface area contributed by atoms with Crippen molar-refractivity contribution < 1.29 is 0 Å². The van der Waals surface area contributed by atoms with Crippen LogP contribution in [0.2, 0.25) is 0 Å². The molecule has 0 aromatic heterocycles. The molecule has 0 aliphatic heterocycles. The number of hydrogen-bond acceptors (Lipinski definition) is 3. The molecule has 20 heavy (non-hydrogen) atoms. The highest BCUT2D eigenvalue weighted by molar-refractivity contribution is 7.98. The van der Waals surface area contributed by atoms with Gasteiger partial charge in [-0.2, -0.15) is 11.8 Å². The fourth-order valence-corrected chi connectivity index (χ4v) is 3.99. The van der Waals surface area contributed by atoms with E-state index in [9.17, 15) is 0 Å². The Balaban J connectivity index is 2.49. The van der Waals surface area contributed by atoms with Gasteiger partial charge in [-0.3, -0.25) is 0 Å². The third-order valence-corrected chi connectivity index (χ3v) is 5.56.